The van der Waals surface area contributed by atoms with Crippen LogP contribution in [0.3, 0.4) is 0 Å². The van der Waals surface area contributed by atoms with Crippen molar-refractivity contribution in [3.63, 3.8) is 0 Å². The quantitative estimate of drug-likeness (QED) is 0.442. The first-order chi connectivity index (χ1) is 13.6. The molecule has 3 aromatic heterocycles. The van der Waals surface area contributed by atoms with E-state index in [-0.39, 0.29) is 5.56 Å². The van der Waals surface area contributed by atoms with Crippen molar-refractivity contribution < 1.29 is 0 Å². The van der Waals surface area contributed by atoms with Crippen LogP contribution in [0.2, 0.25) is 0 Å². The lowest BCUT2D eigenvalue weighted by Gasteiger charge is -2.08. The second-order valence-electron chi connectivity index (χ2n) is 6.53. The topological polar surface area (TPSA) is 78.0 Å². The molecule has 0 atom stereocenters. The molecule has 0 aliphatic rings. The fourth-order valence-corrected chi connectivity index (χ4v) is 4.25. The lowest BCUT2D eigenvalue weighted by molar-refractivity contribution is 0.853. The summed E-state index contributed by atoms with van der Waals surface area (Å²) in [4.78, 5) is 22.0. The van der Waals surface area contributed by atoms with Gasteiger partial charge in [0.05, 0.1) is 33.3 Å². The van der Waals surface area contributed by atoms with Crippen molar-refractivity contribution in [3.05, 3.63) is 70.3 Å². The molecule has 8 heteroatoms. The highest BCUT2D eigenvalue weighted by Gasteiger charge is 2.15. The van der Waals surface area contributed by atoms with Crippen molar-refractivity contribution in [2.75, 3.05) is 0 Å². The fraction of sp³-hybridized carbons (Fsp3) is 0.150. The zero-order valence-corrected chi connectivity index (χ0v) is 16.1. The van der Waals surface area contributed by atoms with Gasteiger partial charge < -0.3 is 0 Å². The molecular formula is C20H16N6OS. The van der Waals surface area contributed by atoms with Crippen LogP contribution in [0, 0.1) is 6.92 Å². The van der Waals surface area contributed by atoms with Crippen LogP contribution in [0.5, 0.6) is 0 Å². The van der Waals surface area contributed by atoms with Gasteiger partial charge in [0.15, 0.2) is 5.16 Å². The third-order valence-corrected chi connectivity index (χ3v) is 5.72. The molecule has 2 aromatic carbocycles. The van der Waals surface area contributed by atoms with Crippen LogP contribution in [0.4, 0.5) is 0 Å². The van der Waals surface area contributed by atoms with Crippen molar-refractivity contribution in [1.29, 1.82) is 0 Å². The molecule has 0 aliphatic heterocycles. The van der Waals surface area contributed by atoms with Gasteiger partial charge in [-0.15, -0.1) is 10.2 Å². The molecule has 0 unspecified atom stereocenters. The number of nitrogens with zero attached hydrogens (tertiary/aromatic N) is 6. The maximum atomic E-state index is 12.6. The summed E-state index contributed by atoms with van der Waals surface area (Å²) in [7, 11) is 1.71. The molecule has 7 nitrogen and oxygen atoms in total. The van der Waals surface area contributed by atoms with Gasteiger partial charge in [0.2, 0.25) is 5.78 Å². The number of aromatic nitrogens is 6. The smallest absolute Gasteiger partial charge is 0.262 e. The van der Waals surface area contributed by atoms with Crippen LogP contribution < -0.4 is 5.56 Å². The average Bonchev–Trinajstić information content (AvgIpc) is 3.15. The van der Waals surface area contributed by atoms with Gasteiger partial charge in [0.25, 0.3) is 5.56 Å². The van der Waals surface area contributed by atoms with Crippen molar-refractivity contribution >= 4 is 39.5 Å². The van der Waals surface area contributed by atoms with Crippen LogP contribution in [0.15, 0.2) is 58.5 Å². The van der Waals surface area contributed by atoms with E-state index < -0.39 is 0 Å². The number of hydrogen-bond donors (Lipinski definition) is 0. The van der Waals surface area contributed by atoms with Crippen molar-refractivity contribution in [2.45, 2.75) is 17.8 Å². The molecule has 0 spiro atoms. The average molecular weight is 388 g/mol. The summed E-state index contributed by atoms with van der Waals surface area (Å²) in [5.41, 5.74) is 4.30. The Kier molecular flexibility index (Phi) is 3.87. The van der Waals surface area contributed by atoms with E-state index in [1.54, 1.807) is 7.05 Å². The van der Waals surface area contributed by atoms with E-state index in [1.165, 1.54) is 16.3 Å². The highest BCUT2D eigenvalue weighted by Crippen LogP contribution is 2.25. The molecule has 0 N–H and O–H groups in total. The van der Waals surface area contributed by atoms with Gasteiger partial charge in [-0.2, -0.15) is 0 Å². The lowest BCUT2D eigenvalue weighted by Crippen LogP contribution is -2.20. The summed E-state index contributed by atoms with van der Waals surface area (Å²) in [5.74, 6) is 1.13. The highest BCUT2D eigenvalue weighted by atomic mass is 32.2. The summed E-state index contributed by atoms with van der Waals surface area (Å²) in [5, 5.41) is 9.91. The Morgan fingerprint density at radius 3 is 2.50 bits per heavy atom. The summed E-state index contributed by atoms with van der Waals surface area (Å²) < 4.78 is 3.45. The first kappa shape index (κ1) is 16.9. The first-order valence-electron chi connectivity index (χ1n) is 8.81. The molecule has 0 amide bonds. The van der Waals surface area contributed by atoms with E-state index in [4.69, 9.17) is 4.98 Å². The van der Waals surface area contributed by atoms with E-state index in [2.05, 4.69) is 15.2 Å². The molecule has 0 aliphatic carbocycles. The molecule has 0 saturated carbocycles. The highest BCUT2D eigenvalue weighted by molar-refractivity contribution is 7.98. The Labute approximate surface area is 164 Å². The predicted molar refractivity (Wildman–Crippen MR) is 110 cm³/mol. The zero-order valence-electron chi connectivity index (χ0n) is 15.3. The Morgan fingerprint density at radius 2 is 1.68 bits per heavy atom. The van der Waals surface area contributed by atoms with Crippen LogP contribution in [-0.4, -0.2) is 29.1 Å². The van der Waals surface area contributed by atoms with Crippen molar-refractivity contribution in [3.8, 4) is 0 Å². The summed E-state index contributed by atoms with van der Waals surface area (Å²) in [6.07, 6.45) is 0. The van der Waals surface area contributed by atoms with Gasteiger partial charge >= 0.3 is 0 Å². The van der Waals surface area contributed by atoms with Gasteiger partial charge in [-0.3, -0.25) is 13.8 Å². The summed E-state index contributed by atoms with van der Waals surface area (Å²) in [6.45, 7) is 1.97. The van der Waals surface area contributed by atoms with Crippen LogP contribution in [-0.2, 0) is 12.8 Å². The number of benzene rings is 2. The van der Waals surface area contributed by atoms with E-state index in [9.17, 15) is 4.79 Å². The van der Waals surface area contributed by atoms with E-state index in [0.717, 1.165) is 33.1 Å². The number of para-hydroxylation sites is 3. The fourth-order valence-electron chi connectivity index (χ4n) is 3.30. The molecule has 138 valence electrons. The number of thioether (sulfide) groups is 1. The standard InChI is InChI=1S/C20H16N6OS/c1-12-16(22-15-9-5-4-8-14(15)21-12)11-28-20-24-23-19-25(2)18(27)13-7-3-6-10-17(13)26(19)20/h3-10H,11H2,1-2H3. The van der Waals surface area contributed by atoms with Crippen LogP contribution >= 0.6 is 11.8 Å². The molecule has 3 heterocycles. The van der Waals surface area contributed by atoms with Crippen molar-refractivity contribution in [2.24, 2.45) is 7.05 Å². The lowest BCUT2D eigenvalue weighted by atomic mass is 10.2. The molecule has 0 radical (unpaired) electrons. The third-order valence-electron chi connectivity index (χ3n) is 4.78. The van der Waals surface area contributed by atoms with Gasteiger partial charge in [-0.1, -0.05) is 36.0 Å². The number of hydrogen-bond acceptors (Lipinski definition) is 6. The predicted octanol–water partition coefficient (Wildman–Crippen LogP) is 3.13. The Bertz CT molecular complexity index is 1420. The summed E-state index contributed by atoms with van der Waals surface area (Å²) in [6, 6.07) is 15.4. The first-order valence-corrected chi connectivity index (χ1v) is 9.80. The van der Waals surface area contributed by atoms with Crippen LogP contribution in [0.1, 0.15) is 11.4 Å². The van der Waals surface area contributed by atoms with Gasteiger partial charge in [-0.05, 0) is 31.2 Å². The SMILES string of the molecule is Cc1nc2ccccc2nc1CSc1nnc2n(C)c(=O)c3ccccc3n12. The minimum Gasteiger partial charge on any atom is -0.279 e. The van der Waals surface area contributed by atoms with E-state index in [1.807, 2.05) is 59.9 Å². The Hall–Kier alpha value is -3.26. The van der Waals surface area contributed by atoms with E-state index in [0.29, 0.717) is 16.9 Å². The largest absolute Gasteiger partial charge is 0.279 e. The maximum absolute atomic E-state index is 12.6. The third kappa shape index (κ3) is 2.56. The van der Waals surface area contributed by atoms with E-state index >= 15 is 0 Å². The second kappa shape index (κ2) is 6.42. The minimum atomic E-state index is -0.0803. The van der Waals surface area contributed by atoms with Gasteiger partial charge in [0.1, 0.15) is 0 Å². The monoisotopic (exact) mass is 388 g/mol. The number of rotatable bonds is 3. The second-order valence-corrected chi connectivity index (χ2v) is 7.47. The molecule has 5 aromatic rings. The summed E-state index contributed by atoms with van der Waals surface area (Å²) >= 11 is 1.53. The molecule has 28 heavy (non-hydrogen) atoms. The Morgan fingerprint density at radius 1 is 0.964 bits per heavy atom. The molecule has 0 bridgehead atoms. The minimum absolute atomic E-state index is 0.0803. The van der Waals surface area contributed by atoms with Crippen molar-refractivity contribution in [1.82, 2.24) is 29.1 Å². The van der Waals surface area contributed by atoms with Gasteiger partial charge in [-0.25, -0.2) is 9.97 Å². The van der Waals surface area contributed by atoms with Crippen LogP contribution in [0.25, 0.3) is 27.7 Å². The maximum Gasteiger partial charge on any atom is 0.262 e. The number of fused-ring (bicyclic) bond motifs is 4. The molecular weight excluding hydrogens is 372 g/mol. The molecule has 0 saturated heterocycles. The molecule has 5 rings (SSSR count). The zero-order chi connectivity index (χ0) is 19.3. The normalized spacial score (nSPS) is 11.6. The Balaban J connectivity index is 1.60. The molecule has 0 fully saturated rings. The van der Waals surface area contributed by atoms with Gasteiger partial charge in [0, 0.05) is 12.8 Å². The number of aryl methyl sites for hydroxylation is 2.